The SMILES string of the molecule is C[C@@H]1C2=C(CCCCCC2)CC[C@]12CCCCC2=O. The summed E-state index contributed by atoms with van der Waals surface area (Å²) < 4.78 is 0. The summed E-state index contributed by atoms with van der Waals surface area (Å²) in [5.74, 6) is 1.14. The quantitative estimate of drug-likeness (QED) is 0.547. The zero-order chi connectivity index (χ0) is 13.3. The second kappa shape index (κ2) is 5.42. The van der Waals surface area contributed by atoms with E-state index in [2.05, 4.69) is 6.92 Å². The average Bonchev–Trinajstić information content (AvgIpc) is 2.38. The minimum Gasteiger partial charge on any atom is -0.299 e. The zero-order valence-electron chi connectivity index (χ0n) is 12.5. The van der Waals surface area contributed by atoms with E-state index in [9.17, 15) is 4.79 Å². The standard InChI is InChI=1S/C18H28O/c1-14-16-9-5-3-2-4-8-15(16)11-13-18(14)12-7-6-10-17(18)19/h14H,2-13H2,1H3/t14-,18-/m1/s1. The maximum Gasteiger partial charge on any atom is 0.139 e. The van der Waals surface area contributed by atoms with Gasteiger partial charge in [0.1, 0.15) is 5.78 Å². The van der Waals surface area contributed by atoms with E-state index in [0.717, 1.165) is 19.3 Å². The Balaban J connectivity index is 1.90. The number of carbonyl (C=O) groups excluding carboxylic acids is 1. The van der Waals surface area contributed by atoms with Gasteiger partial charge in [-0.05, 0) is 57.3 Å². The fourth-order valence-corrected chi connectivity index (χ4v) is 4.91. The first-order valence-corrected chi connectivity index (χ1v) is 8.48. The Morgan fingerprint density at radius 3 is 2.37 bits per heavy atom. The molecule has 1 saturated carbocycles. The molecule has 0 N–H and O–H groups in total. The van der Waals surface area contributed by atoms with Crippen LogP contribution in [0.4, 0.5) is 0 Å². The van der Waals surface area contributed by atoms with Crippen molar-refractivity contribution in [2.75, 3.05) is 0 Å². The molecule has 2 atom stereocenters. The minimum absolute atomic E-state index is 0.0519. The van der Waals surface area contributed by atoms with Gasteiger partial charge in [-0.1, -0.05) is 37.3 Å². The third-order valence-corrected chi connectivity index (χ3v) is 6.19. The largest absolute Gasteiger partial charge is 0.299 e. The van der Waals surface area contributed by atoms with Crippen molar-refractivity contribution in [3.8, 4) is 0 Å². The number of Topliss-reactive ketones (excluding diaryl/α,β-unsaturated/α-hetero) is 1. The van der Waals surface area contributed by atoms with E-state index < -0.39 is 0 Å². The maximum absolute atomic E-state index is 12.6. The predicted molar refractivity (Wildman–Crippen MR) is 79.0 cm³/mol. The van der Waals surface area contributed by atoms with Crippen LogP contribution < -0.4 is 0 Å². The smallest absolute Gasteiger partial charge is 0.139 e. The minimum atomic E-state index is 0.0519. The Kier molecular flexibility index (Phi) is 3.82. The van der Waals surface area contributed by atoms with Gasteiger partial charge in [0, 0.05) is 11.8 Å². The van der Waals surface area contributed by atoms with Crippen LogP contribution in [0.1, 0.15) is 84.0 Å². The van der Waals surface area contributed by atoms with Crippen LogP contribution in [0.25, 0.3) is 0 Å². The molecule has 3 aliphatic carbocycles. The Hall–Kier alpha value is -0.590. The third kappa shape index (κ3) is 2.30. The van der Waals surface area contributed by atoms with E-state index in [1.54, 1.807) is 11.1 Å². The molecule has 0 amide bonds. The van der Waals surface area contributed by atoms with Crippen molar-refractivity contribution in [2.45, 2.75) is 84.0 Å². The molecule has 0 aromatic carbocycles. The molecule has 0 saturated heterocycles. The number of ketones is 1. The lowest BCUT2D eigenvalue weighted by Gasteiger charge is -2.46. The summed E-state index contributed by atoms with van der Waals surface area (Å²) in [6.45, 7) is 2.37. The summed E-state index contributed by atoms with van der Waals surface area (Å²) in [5, 5.41) is 0. The average molecular weight is 260 g/mol. The Morgan fingerprint density at radius 2 is 1.58 bits per heavy atom. The van der Waals surface area contributed by atoms with Gasteiger partial charge in [0.05, 0.1) is 0 Å². The molecule has 3 aliphatic rings. The third-order valence-electron chi connectivity index (χ3n) is 6.19. The molecule has 1 nitrogen and oxygen atoms in total. The zero-order valence-corrected chi connectivity index (χ0v) is 12.5. The van der Waals surface area contributed by atoms with Gasteiger partial charge < -0.3 is 0 Å². The normalized spacial score (nSPS) is 36.9. The van der Waals surface area contributed by atoms with E-state index >= 15 is 0 Å². The lowest BCUT2D eigenvalue weighted by molar-refractivity contribution is -0.134. The molecule has 0 heterocycles. The van der Waals surface area contributed by atoms with E-state index in [1.807, 2.05) is 0 Å². The van der Waals surface area contributed by atoms with Crippen molar-refractivity contribution in [1.82, 2.24) is 0 Å². The van der Waals surface area contributed by atoms with Gasteiger partial charge in [0.2, 0.25) is 0 Å². The van der Waals surface area contributed by atoms with Crippen molar-refractivity contribution in [1.29, 1.82) is 0 Å². The van der Waals surface area contributed by atoms with Gasteiger partial charge in [-0.25, -0.2) is 0 Å². The van der Waals surface area contributed by atoms with Crippen LogP contribution in [0.2, 0.25) is 0 Å². The summed E-state index contributed by atoms with van der Waals surface area (Å²) in [5.41, 5.74) is 3.51. The lowest BCUT2D eigenvalue weighted by atomic mass is 9.57. The van der Waals surface area contributed by atoms with Crippen LogP contribution >= 0.6 is 0 Å². The molecule has 0 unspecified atom stereocenters. The Bertz CT molecular complexity index is 392. The van der Waals surface area contributed by atoms with E-state index in [4.69, 9.17) is 0 Å². The monoisotopic (exact) mass is 260 g/mol. The molecule has 0 aliphatic heterocycles. The van der Waals surface area contributed by atoms with Gasteiger partial charge in [-0.3, -0.25) is 4.79 Å². The fourth-order valence-electron chi connectivity index (χ4n) is 4.91. The first-order chi connectivity index (χ1) is 9.24. The molecular formula is C18H28O. The maximum atomic E-state index is 12.6. The summed E-state index contributed by atoms with van der Waals surface area (Å²) in [4.78, 5) is 12.6. The second-order valence-corrected chi connectivity index (χ2v) is 7.05. The van der Waals surface area contributed by atoms with Crippen molar-refractivity contribution < 1.29 is 4.79 Å². The van der Waals surface area contributed by atoms with Crippen LogP contribution in [0.5, 0.6) is 0 Å². The molecule has 106 valence electrons. The van der Waals surface area contributed by atoms with E-state index in [-0.39, 0.29) is 5.41 Å². The summed E-state index contributed by atoms with van der Waals surface area (Å²) >= 11 is 0. The molecule has 1 spiro atoms. The number of rotatable bonds is 0. The molecule has 0 aromatic rings. The van der Waals surface area contributed by atoms with Crippen molar-refractivity contribution in [2.24, 2.45) is 11.3 Å². The van der Waals surface area contributed by atoms with Crippen molar-refractivity contribution in [3.63, 3.8) is 0 Å². The van der Waals surface area contributed by atoms with Crippen LogP contribution in [0.15, 0.2) is 11.1 Å². The molecule has 0 bridgehead atoms. The Labute approximate surface area is 117 Å². The predicted octanol–water partition coefficient (Wildman–Crippen LogP) is 5.20. The summed E-state index contributed by atoms with van der Waals surface area (Å²) in [6.07, 6.45) is 15.0. The molecule has 1 fully saturated rings. The van der Waals surface area contributed by atoms with Crippen molar-refractivity contribution >= 4 is 5.78 Å². The first-order valence-electron chi connectivity index (χ1n) is 8.48. The molecule has 3 rings (SSSR count). The highest BCUT2D eigenvalue weighted by Crippen LogP contribution is 2.52. The number of hydrogen-bond donors (Lipinski definition) is 0. The van der Waals surface area contributed by atoms with Crippen LogP contribution in [-0.2, 0) is 4.79 Å². The van der Waals surface area contributed by atoms with Crippen molar-refractivity contribution in [3.05, 3.63) is 11.1 Å². The highest BCUT2D eigenvalue weighted by molar-refractivity contribution is 5.86. The molecule has 0 radical (unpaired) electrons. The van der Waals surface area contributed by atoms with Gasteiger partial charge in [0.25, 0.3) is 0 Å². The summed E-state index contributed by atoms with van der Waals surface area (Å²) in [7, 11) is 0. The molecule has 1 heteroatoms. The second-order valence-electron chi connectivity index (χ2n) is 7.05. The van der Waals surface area contributed by atoms with Crippen LogP contribution in [0.3, 0.4) is 0 Å². The lowest BCUT2D eigenvalue weighted by Crippen LogP contribution is -2.43. The fraction of sp³-hybridized carbons (Fsp3) is 0.833. The van der Waals surface area contributed by atoms with E-state index in [0.29, 0.717) is 11.7 Å². The van der Waals surface area contributed by atoms with Gasteiger partial charge >= 0.3 is 0 Å². The molecule has 19 heavy (non-hydrogen) atoms. The van der Waals surface area contributed by atoms with Crippen LogP contribution in [-0.4, -0.2) is 5.78 Å². The van der Waals surface area contributed by atoms with Gasteiger partial charge in [0.15, 0.2) is 0 Å². The van der Waals surface area contributed by atoms with E-state index in [1.165, 1.54) is 57.8 Å². The number of carbonyl (C=O) groups is 1. The number of hydrogen-bond acceptors (Lipinski definition) is 1. The topological polar surface area (TPSA) is 17.1 Å². The highest BCUT2D eigenvalue weighted by Gasteiger charge is 2.47. The molecule has 0 aromatic heterocycles. The molecular weight excluding hydrogens is 232 g/mol. The van der Waals surface area contributed by atoms with Gasteiger partial charge in [-0.2, -0.15) is 0 Å². The van der Waals surface area contributed by atoms with Crippen LogP contribution in [0, 0.1) is 11.3 Å². The summed E-state index contributed by atoms with van der Waals surface area (Å²) in [6, 6.07) is 0. The first kappa shape index (κ1) is 13.4. The Morgan fingerprint density at radius 1 is 0.842 bits per heavy atom. The van der Waals surface area contributed by atoms with Gasteiger partial charge in [-0.15, -0.1) is 0 Å². The highest BCUT2D eigenvalue weighted by atomic mass is 16.1. The number of allylic oxidation sites excluding steroid dienone is 2.